The molecule has 5 nitrogen and oxygen atoms in total. The molecule has 0 saturated heterocycles. The topological polar surface area (TPSA) is 88.0 Å². The van der Waals surface area contributed by atoms with Crippen molar-refractivity contribution in [3.8, 4) is 0 Å². The Morgan fingerprint density at radius 3 is 2.61 bits per heavy atom. The van der Waals surface area contributed by atoms with Crippen molar-refractivity contribution in [1.29, 1.82) is 0 Å². The number of aldehydes is 1. The zero-order valence-corrected chi connectivity index (χ0v) is 12.2. The molecule has 0 aliphatic heterocycles. The van der Waals surface area contributed by atoms with Crippen LogP contribution in [0.15, 0.2) is 54.6 Å². The number of hydrogen-bond donors (Lipinski definition) is 3. The van der Waals surface area contributed by atoms with Crippen LogP contribution in [0.4, 0.5) is 11.4 Å². The number of carbonyl (C=O) groups excluding carboxylic acids is 2. The van der Waals surface area contributed by atoms with Gasteiger partial charge in [-0.1, -0.05) is 0 Å². The number of aromatic amines is 1. The van der Waals surface area contributed by atoms with Crippen LogP contribution in [-0.4, -0.2) is 17.2 Å². The van der Waals surface area contributed by atoms with E-state index in [9.17, 15) is 9.59 Å². The van der Waals surface area contributed by atoms with Gasteiger partial charge in [-0.15, -0.1) is 0 Å². The highest BCUT2D eigenvalue weighted by Crippen LogP contribution is 2.21. The van der Waals surface area contributed by atoms with Gasteiger partial charge in [0.05, 0.1) is 0 Å². The number of benzene rings is 2. The summed E-state index contributed by atoms with van der Waals surface area (Å²) in [6.07, 6.45) is 3.85. The zero-order chi connectivity index (χ0) is 16.2. The molecule has 0 aliphatic rings. The quantitative estimate of drug-likeness (QED) is 0.393. The second-order valence-electron chi connectivity index (χ2n) is 5.10. The van der Waals surface area contributed by atoms with E-state index in [0.717, 1.165) is 22.9 Å². The van der Waals surface area contributed by atoms with Crippen LogP contribution in [0.1, 0.15) is 16.1 Å². The van der Waals surface area contributed by atoms with Crippen LogP contribution in [0.3, 0.4) is 0 Å². The maximum atomic E-state index is 12.2. The van der Waals surface area contributed by atoms with Gasteiger partial charge in [0.25, 0.3) is 5.91 Å². The smallest absolute Gasteiger partial charge is 0.255 e. The van der Waals surface area contributed by atoms with Crippen molar-refractivity contribution in [3.05, 3.63) is 65.9 Å². The molecule has 0 aliphatic carbocycles. The zero-order valence-electron chi connectivity index (χ0n) is 12.2. The Bertz CT molecular complexity index is 892. The number of hydrogen-bond acceptors (Lipinski definition) is 3. The molecule has 0 atom stereocenters. The number of nitrogens with two attached hydrogens (primary N) is 1. The fourth-order valence-corrected chi connectivity index (χ4v) is 2.30. The van der Waals surface area contributed by atoms with Gasteiger partial charge in [-0.3, -0.25) is 9.59 Å². The molecule has 0 radical (unpaired) electrons. The van der Waals surface area contributed by atoms with Gasteiger partial charge in [-0.05, 0) is 60.7 Å². The molecule has 0 saturated carbocycles. The minimum absolute atomic E-state index is 0.194. The van der Waals surface area contributed by atoms with Crippen molar-refractivity contribution < 1.29 is 9.59 Å². The largest absolute Gasteiger partial charge is 0.399 e. The van der Waals surface area contributed by atoms with Gasteiger partial charge >= 0.3 is 0 Å². The standard InChI is InChI=1S/C18H15N3O2/c19-14-5-3-12(4-6-14)18(23)21-16-7-8-17-13(11-16)10-15(20-17)2-1-9-22/h1-11,20H,19H2,(H,21,23)/b2-1+. The molecule has 5 heteroatoms. The van der Waals surface area contributed by atoms with Crippen molar-refractivity contribution in [1.82, 2.24) is 4.98 Å². The highest BCUT2D eigenvalue weighted by molar-refractivity contribution is 6.05. The van der Waals surface area contributed by atoms with E-state index in [1.807, 2.05) is 24.3 Å². The van der Waals surface area contributed by atoms with E-state index in [0.29, 0.717) is 16.9 Å². The fourth-order valence-electron chi connectivity index (χ4n) is 2.30. The summed E-state index contributed by atoms with van der Waals surface area (Å²) in [5.41, 5.74) is 9.24. The van der Waals surface area contributed by atoms with E-state index in [1.165, 1.54) is 6.08 Å². The summed E-state index contributed by atoms with van der Waals surface area (Å²) in [5.74, 6) is -0.194. The van der Waals surface area contributed by atoms with Crippen molar-refractivity contribution in [2.75, 3.05) is 11.1 Å². The third-order valence-corrected chi connectivity index (χ3v) is 3.43. The number of rotatable bonds is 4. The Kier molecular flexibility index (Phi) is 3.93. The number of carbonyl (C=O) groups is 2. The van der Waals surface area contributed by atoms with E-state index in [4.69, 9.17) is 5.73 Å². The summed E-state index contributed by atoms with van der Waals surface area (Å²) < 4.78 is 0. The summed E-state index contributed by atoms with van der Waals surface area (Å²) in [6, 6.07) is 14.2. The predicted octanol–water partition coefficient (Wildman–Crippen LogP) is 3.21. The number of allylic oxidation sites excluding steroid dienone is 1. The minimum Gasteiger partial charge on any atom is -0.399 e. The van der Waals surface area contributed by atoms with Crippen LogP contribution in [0.2, 0.25) is 0 Å². The third kappa shape index (κ3) is 3.29. The average molecular weight is 305 g/mol. The van der Waals surface area contributed by atoms with Gasteiger partial charge in [0.15, 0.2) is 0 Å². The molecule has 0 fully saturated rings. The van der Waals surface area contributed by atoms with E-state index < -0.39 is 0 Å². The Balaban J connectivity index is 1.82. The van der Waals surface area contributed by atoms with E-state index in [2.05, 4.69) is 10.3 Å². The second-order valence-corrected chi connectivity index (χ2v) is 5.10. The normalized spacial score (nSPS) is 11.0. The van der Waals surface area contributed by atoms with Gasteiger partial charge < -0.3 is 16.0 Å². The van der Waals surface area contributed by atoms with Gasteiger partial charge in [-0.25, -0.2) is 0 Å². The first-order chi connectivity index (χ1) is 11.2. The van der Waals surface area contributed by atoms with Crippen LogP contribution in [0.5, 0.6) is 0 Å². The molecule has 2 aromatic carbocycles. The van der Waals surface area contributed by atoms with Crippen molar-refractivity contribution in [3.63, 3.8) is 0 Å². The number of anilines is 2. The molecule has 1 heterocycles. The fraction of sp³-hybridized carbons (Fsp3) is 0. The molecule has 3 aromatic rings. The average Bonchev–Trinajstić information content (AvgIpc) is 2.95. The number of fused-ring (bicyclic) bond motifs is 1. The third-order valence-electron chi connectivity index (χ3n) is 3.43. The van der Waals surface area contributed by atoms with Crippen LogP contribution in [0.25, 0.3) is 17.0 Å². The SMILES string of the molecule is Nc1ccc(C(=O)Nc2ccc3[nH]c(/C=C/C=O)cc3c2)cc1. The summed E-state index contributed by atoms with van der Waals surface area (Å²) in [4.78, 5) is 25.7. The number of nitrogen functional groups attached to an aromatic ring is 1. The van der Waals surface area contributed by atoms with Crippen molar-refractivity contribution >= 4 is 40.5 Å². The summed E-state index contributed by atoms with van der Waals surface area (Å²) in [6.45, 7) is 0. The monoisotopic (exact) mass is 305 g/mol. The maximum absolute atomic E-state index is 12.2. The van der Waals surface area contributed by atoms with Crippen LogP contribution in [0, 0.1) is 0 Å². The molecular weight excluding hydrogens is 290 g/mol. The Morgan fingerprint density at radius 2 is 1.87 bits per heavy atom. The molecule has 0 unspecified atom stereocenters. The lowest BCUT2D eigenvalue weighted by Crippen LogP contribution is -2.11. The second kappa shape index (κ2) is 6.19. The summed E-state index contributed by atoms with van der Waals surface area (Å²) >= 11 is 0. The lowest BCUT2D eigenvalue weighted by molar-refractivity contribution is -0.104. The summed E-state index contributed by atoms with van der Waals surface area (Å²) in [5, 5.41) is 3.80. The Morgan fingerprint density at radius 1 is 1.09 bits per heavy atom. The maximum Gasteiger partial charge on any atom is 0.255 e. The minimum atomic E-state index is -0.194. The first kappa shape index (κ1) is 14.6. The first-order valence-corrected chi connectivity index (χ1v) is 7.07. The molecule has 1 aromatic heterocycles. The first-order valence-electron chi connectivity index (χ1n) is 7.07. The van der Waals surface area contributed by atoms with Crippen LogP contribution in [-0.2, 0) is 4.79 Å². The van der Waals surface area contributed by atoms with E-state index >= 15 is 0 Å². The van der Waals surface area contributed by atoms with Gasteiger partial charge in [0.1, 0.15) is 6.29 Å². The lowest BCUT2D eigenvalue weighted by atomic mass is 10.2. The molecule has 3 rings (SSSR count). The molecule has 4 N–H and O–H groups in total. The molecular formula is C18H15N3O2. The Labute approximate surface area is 132 Å². The van der Waals surface area contributed by atoms with Crippen LogP contribution < -0.4 is 11.1 Å². The molecule has 23 heavy (non-hydrogen) atoms. The van der Waals surface area contributed by atoms with Gasteiger partial charge in [0, 0.05) is 33.5 Å². The number of aromatic nitrogens is 1. The molecule has 1 amide bonds. The highest BCUT2D eigenvalue weighted by atomic mass is 16.1. The van der Waals surface area contributed by atoms with Gasteiger partial charge in [-0.2, -0.15) is 0 Å². The highest BCUT2D eigenvalue weighted by Gasteiger charge is 2.07. The van der Waals surface area contributed by atoms with Crippen molar-refractivity contribution in [2.45, 2.75) is 0 Å². The number of amides is 1. The molecule has 0 spiro atoms. The number of nitrogens with one attached hydrogen (secondary N) is 2. The number of H-pyrrole nitrogens is 1. The van der Waals surface area contributed by atoms with E-state index in [1.54, 1.807) is 30.3 Å². The predicted molar refractivity (Wildman–Crippen MR) is 92.2 cm³/mol. The van der Waals surface area contributed by atoms with Gasteiger partial charge in [0.2, 0.25) is 0 Å². The molecule has 114 valence electrons. The van der Waals surface area contributed by atoms with Crippen LogP contribution >= 0.6 is 0 Å². The van der Waals surface area contributed by atoms with Crippen molar-refractivity contribution in [2.24, 2.45) is 0 Å². The lowest BCUT2D eigenvalue weighted by Gasteiger charge is -2.05. The molecule has 0 bridgehead atoms. The Hall–Kier alpha value is -3.34. The van der Waals surface area contributed by atoms with E-state index in [-0.39, 0.29) is 5.91 Å². The summed E-state index contributed by atoms with van der Waals surface area (Å²) in [7, 11) is 0.